The molecule has 1 heterocycles. The summed E-state index contributed by atoms with van der Waals surface area (Å²) in [5.41, 5.74) is 8.02. The normalized spacial score (nSPS) is 18.2. The Kier molecular flexibility index (Phi) is 8.35. The predicted molar refractivity (Wildman–Crippen MR) is 139 cm³/mol. The molecule has 0 unspecified atom stereocenters. The number of aliphatic hydroxyl groups excluding tert-OH is 1. The van der Waals surface area contributed by atoms with E-state index in [9.17, 15) is 14.7 Å². The fourth-order valence-electron chi connectivity index (χ4n) is 4.68. The number of amides is 2. The first-order chi connectivity index (χ1) is 17.7. The Hall–Kier alpha value is -3.56. The minimum Gasteiger partial charge on any atom is -0.394 e. The number of hydrogen-bond donors (Lipinski definition) is 4. The van der Waals surface area contributed by atoms with Gasteiger partial charge in [0.1, 0.15) is 17.3 Å². The Labute approximate surface area is 219 Å². The van der Waals surface area contributed by atoms with Crippen molar-refractivity contribution in [2.24, 2.45) is 0 Å². The number of nitrogen functional groups attached to an aromatic ring is 1. The lowest BCUT2D eigenvalue weighted by molar-refractivity contribution is -0.119. The molecule has 0 bridgehead atoms. The smallest absolute Gasteiger partial charge is 0.254 e. The zero-order valence-corrected chi connectivity index (χ0v) is 21.1. The molecule has 2 amide bonds. The molecule has 0 aliphatic heterocycles. The van der Waals surface area contributed by atoms with Crippen LogP contribution in [0, 0.1) is 5.82 Å². The van der Waals surface area contributed by atoms with Crippen molar-refractivity contribution in [1.29, 1.82) is 0 Å². The number of rotatable bonds is 7. The lowest BCUT2D eigenvalue weighted by Gasteiger charge is -2.28. The number of benzene rings is 2. The first-order valence-corrected chi connectivity index (χ1v) is 12.5. The van der Waals surface area contributed by atoms with Crippen molar-refractivity contribution in [1.82, 2.24) is 20.6 Å². The molecule has 1 atom stereocenters. The third kappa shape index (κ3) is 6.42. The average molecular weight is 526 g/mol. The number of nitrogens with zero attached hydrogens (tertiary/aromatic N) is 2. The molecule has 1 fully saturated rings. The quantitative estimate of drug-likeness (QED) is 0.367. The lowest BCUT2D eigenvalue weighted by atomic mass is 9.84. The molecular formula is C27H29ClFN5O3. The van der Waals surface area contributed by atoms with Crippen LogP contribution < -0.4 is 16.4 Å². The van der Waals surface area contributed by atoms with Gasteiger partial charge in [-0.05, 0) is 55.5 Å². The molecule has 1 aliphatic carbocycles. The molecule has 8 nitrogen and oxygen atoms in total. The van der Waals surface area contributed by atoms with E-state index in [0.717, 1.165) is 31.4 Å². The highest BCUT2D eigenvalue weighted by molar-refractivity contribution is 6.30. The van der Waals surface area contributed by atoms with E-state index in [0.29, 0.717) is 21.8 Å². The Morgan fingerprint density at radius 1 is 1.19 bits per heavy atom. The maximum atomic E-state index is 15.1. The van der Waals surface area contributed by atoms with Crippen LogP contribution in [-0.4, -0.2) is 39.5 Å². The third-order valence-corrected chi connectivity index (χ3v) is 6.83. The highest BCUT2D eigenvalue weighted by atomic mass is 35.5. The summed E-state index contributed by atoms with van der Waals surface area (Å²) < 4.78 is 15.1. The SMILES string of the molecule is CC(=O)NC1CCC(c2cnc(N)c(-c3ccc(C(=O)N[C@H](CO)c4cccc(Cl)c4)c(F)c3)n2)CC1. The minimum atomic E-state index is -0.750. The summed E-state index contributed by atoms with van der Waals surface area (Å²) >= 11 is 6.01. The van der Waals surface area contributed by atoms with Gasteiger partial charge in [0.2, 0.25) is 5.91 Å². The van der Waals surface area contributed by atoms with Crippen LogP contribution in [0.5, 0.6) is 0 Å². The van der Waals surface area contributed by atoms with E-state index in [2.05, 4.69) is 20.6 Å². The first kappa shape index (κ1) is 26.5. The second-order valence-electron chi connectivity index (χ2n) is 9.24. The zero-order chi connectivity index (χ0) is 26.5. The molecule has 37 heavy (non-hydrogen) atoms. The van der Waals surface area contributed by atoms with Gasteiger partial charge in [0.05, 0.1) is 30.1 Å². The molecule has 0 saturated heterocycles. The predicted octanol–water partition coefficient (Wildman–Crippen LogP) is 4.14. The molecule has 5 N–H and O–H groups in total. The molecule has 10 heteroatoms. The fourth-order valence-corrected chi connectivity index (χ4v) is 4.88. The van der Waals surface area contributed by atoms with Crippen molar-refractivity contribution in [2.75, 3.05) is 12.3 Å². The Balaban J connectivity index is 1.50. The van der Waals surface area contributed by atoms with Crippen LogP contribution in [0.1, 0.15) is 66.2 Å². The largest absolute Gasteiger partial charge is 0.394 e. The van der Waals surface area contributed by atoms with Gasteiger partial charge in [0.25, 0.3) is 5.91 Å². The van der Waals surface area contributed by atoms with E-state index in [-0.39, 0.29) is 35.9 Å². The van der Waals surface area contributed by atoms with Crippen LogP contribution in [0.2, 0.25) is 5.02 Å². The van der Waals surface area contributed by atoms with Gasteiger partial charge < -0.3 is 21.5 Å². The maximum Gasteiger partial charge on any atom is 0.254 e. The molecule has 1 aromatic heterocycles. The number of nitrogens with one attached hydrogen (secondary N) is 2. The summed E-state index contributed by atoms with van der Waals surface area (Å²) in [6.45, 7) is 1.14. The molecular weight excluding hydrogens is 497 g/mol. The molecule has 1 aliphatic rings. The second kappa shape index (κ2) is 11.7. The third-order valence-electron chi connectivity index (χ3n) is 6.60. The van der Waals surface area contributed by atoms with Crippen LogP contribution in [-0.2, 0) is 4.79 Å². The van der Waals surface area contributed by atoms with E-state index in [1.165, 1.54) is 19.1 Å². The van der Waals surface area contributed by atoms with Gasteiger partial charge in [-0.2, -0.15) is 0 Å². The van der Waals surface area contributed by atoms with Crippen molar-refractivity contribution >= 4 is 29.2 Å². The Morgan fingerprint density at radius 3 is 2.59 bits per heavy atom. The molecule has 3 aromatic rings. The minimum absolute atomic E-state index is 0.0338. The van der Waals surface area contributed by atoms with Crippen molar-refractivity contribution < 1.29 is 19.1 Å². The molecule has 1 saturated carbocycles. The van der Waals surface area contributed by atoms with E-state index in [4.69, 9.17) is 17.3 Å². The van der Waals surface area contributed by atoms with Crippen LogP contribution in [0.25, 0.3) is 11.3 Å². The van der Waals surface area contributed by atoms with Gasteiger partial charge in [0.15, 0.2) is 0 Å². The van der Waals surface area contributed by atoms with Gasteiger partial charge in [-0.1, -0.05) is 29.8 Å². The number of aromatic nitrogens is 2. The molecule has 0 spiro atoms. The van der Waals surface area contributed by atoms with E-state index in [1.54, 1.807) is 36.5 Å². The van der Waals surface area contributed by atoms with E-state index in [1.807, 2.05) is 0 Å². The van der Waals surface area contributed by atoms with E-state index < -0.39 is 17.8 Å². The number of carbonyl (C=O) groups is 2. The van der Waals surface area contributed by atoms with Crippen molar-refractivity contribution in [3.63, 3.8) is 0 Å². The van der Waals surface area contributed by atoms with Gasteiger partial charge >= 0.3 is 0 Å². The molecule has 2 aromatic carbocycles. The maximum absolute atomic E-state index is 15.1. The van der Waals surface area contributed by atoms with Crippen LogP contribution in [0.4, 0.5) is 10.2 Å². The van der Waals surface area contributed by atoms with Crippen molar-refractivity contribution in [2.45, 2.75) is 50.6 Å². The number of anilines is 1. The van der Waals surface area contributed by atoms with Gasteiger partial charge in [0, 0.05) is 29.5 Å². The number of nitrogens with two attached hydrogens (primary N) is 1. The molecule has 4 rings (SSSR count). The number of halogens is 2. The summed E-state index contributed by atoms with van der Waals surface area (Å²) in [6, 6.07) is 10.3. The standard InChI is InChI=1S/C27H29ClFN5O3/c1-15(36)32-20-8-5-16(6-9-20)23-13-31-26(30)25(33-23)18-7-10-21(22(29)12-18)27(37)34-24(14-35)17-3-2-4-19(28)11-17/h2-4,7,10-13,16,20,24,35H,5-6,8-9,14H2,1H3,(H2,30,31)(H,32,36)(H,34,37)/t16?,20?,24-/m1/s1. The van der Waals surface area contributed by atoms with E-state index >= 15 is 4.39 Å². The fraction of sp³-hybridized carbons (Fsp3) is 0.333. The highest BCUT2D eigenvalue weighted by Gasteiger charge is 2.25. The summed E-state index contributed by atoms with van der Waals surface area (Å²) in [7, 11) is 0. The summed E-state index contributed by atoms with van der Waals surface area (Å²) in [5.74, 6) is -1.14. The van der Waals surface area contributed by atoms with Crippen molar-refractivity contribution in [3.8, 4) is 11.3 Å². The van der Waals surface area contributed by atoms with Crippen molar-refractivity contribution in [3.05, 3.63) is 76.3 Å². The van der Waals surface area contributed by atoms with Crippen LogP contribution >= 0.6 is 11.6 Å². The highest BCUT2D eigenvalue weighted by Crippen LogP contribution is 2.34. The Morgan fingerprint density at radius 2 is 1.95 bits per heavy atom. The van der Waals surface area contributed by atoms with Gasteiger partial charge in [-0.25, -0.2) is 14.4 Å². The average Bonchev–Trinajstić information content (AvgIpc) is 2.87. The second-order valence-corrected chi connectivity index (χ2v) is 9.67. The zero-order valence-electron chi connectivity index (χ0n) is 20.4. The first-order valence-electron chi connectivity index (χ1n) is 12.1. The summed E-state index contributed by atoms with van der Waals surface area (Å²) in [4.78, 5) is 33.1. The molecule has 0 radical (unpaired) electrons. The van der Waals surface area contributed by atoms with Crippen LogP contribution in [0.3, 0.4) is 0 Å². The summed E-state index contributed by atoms with van der Waals surface area (Å²) in [5, 5.41) is 15.8. The number of hydrogen-bond acceptors (Lipinski definition) is 6. The molecule has 194 valence electrons. The monoisotopic (exact) mass is 525 g/mol. The topological polar surface area (TPSA) is 130 Å². The number of carbonyl (C=O) groups excluding carboxylic acids is 2. The number of aliphatic hydroxyl groups is 1. The van der Waals surface area contributed by atoms with Gasteiger partial charge in [-0.3, -0.25) is 9.59 Å². The Bertz CT molecular complexity index is 1300. The summed E-state index contributed by atoms with van der Waals surface area (Å²) in [6.07, 6.45) is 5.01. The lowest BCUT2D eigenvalue weighted by Crippen LogP contribution is -2.35. The van der Waals surface area contributed by atoms with Crippen LogP contribution in [0.15, 0.2) is 48.7 Å². The van der Waals surface area contributed by atoms with Gasteiger partial charge in [-0.15, -0.1) is 0 Å².